The van der Waals surface area contributed by atoms with Crippen LogP contribution >= 0.6 is 0 Å². The van der Waals surface area contributed by atoms with Gasteiger partial charge in [0.2, 0.25) is 0 Å². The Balaban J connectivity index is 2.15. The van der Waals surface area contributed by atoms with Gasteiger partial charge in [0.25, 0.3) is 5.91 Å². The first-order chi connectivity index (χ1) is 8.00. The van der Waals surface area contributed by atoms with Gasteiger partial charge in [-0.2, -0.15) is 0 Å². The van der Waals surface area contributed by atoms with Crippen LogP contribution in [-0.2, 0) is 4.79 Å². The third kappa shape index (κ3) is 2.02. The zero-order valence-electron chi connectivity index (χ0n) is 9.77. The summed E-state index contributed by atoms with van der Waals surface area (Å²) in [4.78, 5) is 24.5. The van der Waals surface area contributed by atoms with E-state index in [0.29, 0.717) is 30.0 Å². The molecule has 92 valence electrons. The van der Waals surface area contributed by atoms with Gasteiger partial charge in [0.05, 0.1) is 11.6 Å². The van der Waals surface area contributed by atoms with E-state index in [0.717, 1.165) is 0 Å². The number of likely N-dealkylation sites (tertiary alicyclic amines) is 1. The van der Waals surface area contributed by atoms with Crippen LogP contribution in [0.5, 0.6) is 0 Å². The van der Waals surface area contributed by atoms with Gasteiger partial charge >= 0.3 is 5.97 Å². The van der Waals surface area contributed by atoms with E-state index in [9.17, 15) is 9.59 Å². The van der Waals surface area contributed by atoms with Crippen molar-refractivity contribution < 1.29 is 19.2 Å². The number of aryl methyl sites for hydroxylation is 2. The highest BCUT2D eigenvalue weighted by atomic mass is 16.5. The van der Waals surface area contributed by atoms with E-state index in [1.54, 1.807) is 18.7 Å². The van der Waals surface area contributed by atoms with E-state index in [1.807, 2.05) is 0 Å². The van der Waals surface area contributed by atoms with Crippen molar-refractivity contribution >= 4 is 11.9 Å². The minimum absolute atomic E-state index is 0.190. The van der Waals surface area contributed by atoms with E-state index >= 15 is 0 Å². The van der Waals surface area contributed by atoms with E-state index < -0.39 is 11.9 Å². The molecule has 6 nitrogen and oxygen atoms in total. The average molecular weight is 238 g/mol. The molecular formula is C11H14N2O4. The second kappa shape index (κ2) is 4.20. The molecule has 1 aliphatic heterocycles. The Morgan fingerprint density at radius 2 is 2.18 bits per heavy atom. The third-order valence-electron chi connectivity index (χ3n) is 3.07. The Morgan fingerprint density at radius 1 is 1.47 bits per heavy atom. The highest BCUT2D eigenvalue weighted by molar-refractivity contribution is 5.96. The Labute approximate surface area is 98.2 Å². The number of aromatic nitrogens is 1. The lowest BCUT2D eigenvalue weighted by Crippen LogP contribution is -2.30. The minimum Gasteiger partial charge on any atom is -0.481 e. The van der Waals surface area contributed by atoms with Crippen LogP contribution in [0.3, 0.4) is 0 Å². The Hall–Kier alpha value is -1.85. The third-order valence-corrected chi connectivity index (χ3v) is 3.07. The first kappa shape index (κ1) is 11.6. The van der Waals surface area contributed by atoms with Crippen molar-refractivity contribution in [2.75, 3.05) is 13.1 Å². The molecule has 6 heteroatoms. The summed E-state index contributed by atoms with van der Waals surface area (Å²) < 4.78 is 4.94. The summed E-state index contributed by atoms with van der Waals surface area (Å²) in [5.41, 5.74) is 1.00. The molecule has 2 heterocycles. The SMILES string of the molecule is Cc1noc(C)c1C(=O)N1CC[C@@H](C(=O)O)C1. The normalized spacial score (nSPS) is 19.6. The summed E-state index contributed by atoms with van der Waals surface area (Å²) >= 11 is 0. The number of hydrogen-bond donors (Lipinski definition) is 1. The lowest BCUT2D eigenvalue weighted by Gasteiger charge is -2.15. The molecule has 0 radical (unpaired) electrons. The van der Waals surface area contributed by atoms with Gasteiger partial charge in [0, 0.05) is 13.1 Å². The molecule has 1 aliphatic rings. The predicted molar refractivity (Wildman–Crippen MR) is 57.6 cm³/mol. The summed E-state index contributed by atoms with van der Waals surface area (Å²) in [7, 11) is 0. The minimum atomic E-state index is -0.848. The van der Waals surface area contributed by atoms with Gasteiger partial charge in [0.15, 0.2) is 0 Å². The Bertz CT molecular complexity index is 447. The van der Waals surface area contributed by atoms with Crippen molar-refractivity contribution in [2.45, 2.75) is 20.3 Å². The molecule has 0 aliphatic carbocycles. The topological polar surface area (TPSA) is 83.6 Å². The quantitative estimate of drug-likeness (QED) is 0.825. The summed E-state index contributed by atoms with van der Waals surface area (Å²) in [6.07, 6.45) is 0.504. The molecule has 1 fully saturated rings. The first-order valence-electron chi connectivity index (χ1n) is 5.45. The second-order valence-corrected chi connectivity index (χ2v) is 4.27. The fraction of sp³-hybridized carbons (Fsp3) is 0.545. The average Bonchev–Trinajstić information content (AvgIpc) is 2.85. The van der Waals surface area contributed by atoms with Crippen molar-refractivity contribution in [3.05, 3.63) is 17.0 Å². The summed E-state index contributed by atoms with van der Waals surface area (Å²) in [5.74, 6) is -1.02. The highest BCUT2D eigenvalue weighted by Gasteiger charge is 2.33. The van der Waals surface area contributed by atoms with Crippen LogP contribution in [0.25, 0.3) is 0 Å². The van der Waals surface area contributed by atoms with E-state index in [2.05, 4.69) is 5.16 Å². The summed E-state index contributed by atoms with van der Waals surface area (Å²) in [6.45, 7) is 4.12. The van der Waals surface area contributed by atoms with Crippen LogP contribution in [0.2, 0.25) is 0 Å². The maximum absolute atomic E-state index is 12.2. The molecule has 1 saturated heterocycles. The molecule has 0 unspecified atom stereocenters. The van der Waals surface area contributed by atoms with Crippen molar-refractivity contribution in [3.63, 3.8) is 0 Å². The fourth-order valence-corrected chi connectivity index (χ4v) is 2.09. The molecule has 2 rings (SSSR count). The smallest absolute Gasteiger partial charge is 0.308 e. The monoisotopic (exact) mass is 238 g/mol. The molecule has 1 N–H and O–H groups in total. The lowest BCUT2D eigenvalue weighted by molar-refractivity contribution is -0.141. The number of rotatable bonds is 2. The van der Waals surface area contributed by atoms with Gasteiger partial charge < -0.3 is 14.5 Å². The number of carboxylic acid groups (broad SMARTS) is 1. The van der Waals surface area contributed by atoms with Crippen molar-refractivity contribution in [1.29, 1.82) is 0 Å². The zero-order chi connectivity index (χ0) is 12.6. The number of hydrogen-bond acceptors (Lipinski definition) is 4. The molecule has 17 heavy (non-hydrogen) atoms. The maximum Gasteiger partial charge on any atom is 0.308 e. The number of carbonyl (C=O) groups is 2. The first-order valence-corrected chi connectivity index (χ1v) is 5.45. The highest BCUT2D eigenvalue weighted by Crippen LogP contribution is 2.21. The number of amides is 1. The van der Waals surface area contributed by atoms with Crippen LogP contribution in [0.15, 0.2) is 4.52 Å². The summed E-state index contributed by atoms with van der Waals surface area (Å²) in [5, 5.41) is 12.6. The molecule has 0 spiro atoms. The number of aliphatic carboxylic acids is 1. The van der Waals surface area contributed by atoms with Gasteiger partial charge in [-0.1, -0.05) is 5.16 Å². The largest absolute Gasteiger partial charge is 0.481 e. The van der Waals surface area contributed by atoms with Gasteiger partial charge in [-0.05, 0) is 20.3 Å². The fourth-order valence-electron chi connectivity index (χ4n) is 2.09. The molecule has 1 atom stereocenters. The van der Waals surface area contributed by atoms with Gasteiger partial charge in [-0.15, -0.1) is 0 Å². The molecule has 1 aromatic rings. The lowest BCUT2D eigenvalue weighted by atomic mass is 10.1. The van der Waals surface area contributed by atoms with Crippen LogP contribution in [-0.4, -0.2) is 40.1 Å². The Morgan fingerprint density at radius 3 is 2.65 bits per heavy atom. The predicted octanol–water partition coefficient (Wildman–Crippen LogP) is 0.838. The summed E-state index contributed by atoms with van der Waals surface area (Å²) in [6, 6.07) is 0. The number of carbonyl (C=O) groups excluding carboxylic acids is 1. The van der Waals surface area contributed by atoms with Crippen LogP contribution in [0.4, 0.5) is 0 Å². The van der Waals surface area contributed by atoms with Gasteiger partial charge in [-0.3, -0.25) is 9.59 Å². The van der Waals surface area contributed by atoms with Crippen LogP contribution in [0, 0.1) is 19.8 Å². The molecular weight excluding hydrogens is 224 g/mol. The molecule has 0 bridgehead atoms. The van der Waals surface area contributed by atoms with Crippen molar-refractivity contribution in [3.8, 4) is 0 Å². The standard InChI is InChI=1S/C11H14N2O4/c1-6-9(7(2)17-12-6)10(14)13-4-3-8(5-13)11(15)16/h8H,3-5H2,1-2H3,(H,15,16)/t8-/m1/s1. The molecule has 0 saturated carbocycles. The molecule has 1 amide bonds. The second-order valence-electron chi connectivity index (χ2n) is 4.27. The zero-order valence-corrected chi connectivity index (χ0v) is 9.77. The van der Waals surface area contributed by atoms with Gasteiger partial charge in [0.1, 0.15) is 11.3 Å². The Kier molecular flexibility index (Phi) is 2.87. The number of nitrogens with zero attached hydrogens (tertiary/aromatic N) is 2. The van der Waals surface area contributed by atoms with Crippen LogP contribution in [0.1, 0.15) is 28.2 Å². The molecule has 1 aromatic heterocycles. The molecule has 0 aromatic carbocycles. The van der Waals surface area contributed by atoms with Crippen molar-refractivity contribution in [2.24, 2.45) is 5.92 Å². The van der Waals surface area contributed by atoms with Gasteiger partial charge in [-0.25, -0.2) is 0 Å². The van der Waals surface area contributed by atoms with Crippen molar-refractivity contribution in [1.82, 2.24) is 10.1 Å². The maximum atomic E-state index is 12.2. The number of carboxylic acids is 1. The van der Waals surface area contributed by atoms with E-state index in [1.165, 1.54) is 0 Å². The van der Waals surface area contributed by atoms with E-state index in [4.69, 9.17) is 9.63 Å². The van der Waals surface area contributed by atoms with Crippen LogP contribution < -0.4 is 0 Å². The van der Waals surface area contributed by atoms with E-state index in [-0.39, 0.29) is 12.5 Å².